The number of hydrogen-bond donors (Lipinski definition) is 0. The average Bonchev–Trinajstić information content (AvgIpc) is 3.13. The van der Waals surface area contributed by atoms with Crippen molar-refractivity contribution in [3.63, 3.8) is 0 Å². The monoisotopic (exact) mass is 351 g/mol. The maximum Gasteiger partial charge on any atom is 0.281 e. The molecule has 1 aliphatic heterocycles. The largest absolute Gasteiger partial charge is 0.281 e. The van der Waals surface area contributed by atoms with E-state index in [2.05, 4.69) is 4.98 Å². The molecule has 0 atom stereocenters. The molecule has 0 unspecified atom stereocenters. The predicted octanol–water partition coefficient (Wildman–Crippen LogP) is 2.27. The first-order valence-electron chi connectivity index (χ1n) is 8.17. The number of thiophene rings is 1. The zero-order valence-corrected chi connectivity index (χ0v) is 14.0. The minimum Gasteiger partial charge on any atom is -0.267 e. The van der Waals surface area contributed by atoms with Gasteiger partial charge >= 0.3 is 0 Å². The second kappa shape index (κ2) is 5.10. The van der Waals surface area contributed by atoms with Crippen molar-refractivity contribution in [3.05, 3.63) is 62.5 Å². The van der Waals surface area contributed by atoms with Gasteiger partial charge in [0, 0.05) is 4.88 Å². The van der Waals surface area contributed by atoms with E-state index in [9.17, 15) is 14.4 Å². The van der Waals surface area contributed by atoms with Gasteiger partial charge in [0.1, 0.15) is 11.2 Å². The predicted molar refractivity (Wildman–Crippen MR) is 93.8 cm³/mol. The summed E-state index contributed by atoms with van der Waals surface area (Å²) in [5, 5.41) is 1.45. The van der Waals surface area contributed by atoms with Crippen LogP contribution in [0.4, 0.5) is 0 Å². The Balaban J connectivity index is 1.72. The van der Waals surface area contributed by atoms with Crippen LogP contribution in [0, 0.1) is 0 Å². The Kier molecular flexibility index (Phi) is 2.96. The van der Waals surface area contributed by atoms with E-state index in [1.165, 1.54) is 11.2 Å². The van der Waals surface area contributed by atoms with E-state index in [1.54, 1.807) is 35.6 Å². The Morgan fingerprint density at radius 3 is 2.36 bits per heavy atom. The third-order valence-electron chi connectivity index (χ3n) is 4.85. The van der Waals surface area contributed by atoms with Gasteiger partial charge in [0.15, 0.2) is 0 Å². The molecule has 3 aromatic rings. The van der Waals surface area contributed by atoms with Crippen LogP contribution in [0.1, 0.15) is 44.0 Å². The number of aryl methyl sites for hydroxylation is 2. The van der Waals surface area contributed by atoms with Gasteiger partial charge in [-0.1, -0.05) is 12.1 Å². The maximum atomic E-state index is 13.1. The van der Waals surface area contributed by atoms with Crippen LogP contribution in [-0.2, 0) is 12.8 Å². The summed E-state index contributed by atoms with van der Waals surface area (Å²) < 4.78 is 1.06. The summed E-state index contributed by atoms with van der Waals surface area (Å²) in [7, 11) is 0. The number of carbonyl (C=O) groups is 2. The smallest absolute Gasteiger partial charge is 0.267 e. The van der Waals surface area contributed by atoms with Gasteiger partial charge in [-0.2, -0.15) is 9.69 Å². The summed E-state index contributed by atoms with van der Waals surface area (Å²) in [6.45, 7) is 0. The first-order valence-corrected chi connectivity index (χ1v) is 8.98. The Hall–Kier alpha value is -2.80. The van der Waals surface area contributed by atoms with Gasteiger partial charge in [0.05, 0.1) is 16.5 Å². The topological polar surface area (TPSA) is 72.3 Å². The van der Waals surface area contributed by atoms with Crippen molar-refractivity contribution in [3.8, 4) is 0 Å². The first kappa shape index (κ1) is 14.5. The summed E-state index contributed by atoms with van der Waals surface area (Å²) in [6, 6.07) is 6.60. The van der Waals surface area contributed by atoms with Crippen LogP contribution in [0.15, 0.2) is 35.4 Å². The van der Waals surface area contributed by atoms with Crippen LogP contribution in [0.3, 0.4) is 0 Å². The standard InChI is InChI=1S/C18H13N3O3S/c22-16-10-5-1-2-6-11(10)17(23)21(16)20-9-19-15-14(18(20)24)12-7-3-4-8-13(12)25-15/h1-2,5-6,9H,3-4,7-8H2. The number of fused-ring (bicyclic) bond motifs is 4. The molecule has 25 heavy (non-hydrogen) atoms. The Labute approximate surface area is 146 Å². The van der Waals surface area contributed by atoms with Gasteiger partial charge in [-0.05, 0) is 43.4 Å². The van der Waals surface area contributed by atoms with Crippen LogP contribution >= 0.6 is 11.3 Å². The molecule has 0 fully saturated rings. The third kappa shape index (κ3) is 1.90. The number of aromatic nitrogens is 2. The van der Waals surface area contributed by atoms with E-state index in [1.807, 2.05) is 0 Å². The molecule has 1 aliphatic carbocycles. The molecule has 0 radical (unpaired) electrons. The van der Waals surface area contributed by atoms with Gasteiger partial charge in [0.25, 0.3) is 17.4 Å². The summed E-state index contributed by atoms with van der Waals surface area (Å²) in [5.41, 5.74) is 1.31. The molecule has 2 aromatic heterocycles. The number of carbonyl (C=O) groups excluding carboxylic acids is 2. The molecule has 0 saturated heterocycles. The third-order valence-corrected chi connectivity index (χ3v) is 6.05. The van der Waals surface area contributed by atoms with Gasteiger partial charge in [0.2, 0.25) is 0 Å². The quantitative estimate of drug-likeness (QED) is 0.631. The highest BCUT2D eigenvalue weighted by molar-refractivity contribution is 7.18. The van der Waals surface area contributed by atoms with E-state index >= 15 is 0 Å². The molecule has 0 bridgehead atoms. The van der Waals surface area contributed by atoms with Gasteiger partial charge < -0.3 is 0 Å². The molecule has 1 aromatic carbocycles. The molecular formula is C18H13N3O3S. The highest BCUT2D eigenvalue weighted by Gasteiger charge is 2.38. The van der Waals surface area contributed by atoms with Gasteiger partial charge in [-0.25, -0.2) is 4.98 Å². The van der Waals surface area contributed by atoms with Crippen molar-refractivity contribution in [1.29, 1.82) is 0 Å². The van der Waals surface area contributed by atoms with E-state index in [-0.39, 0.29) is 5.56 Å². The molecular weight excluding hydrogens is 338 g/mol. The molecule has 5 rings (SSSR count). The summed E-state index contributed by atoms with van der Waals surface area (Å²) in [6.07, 6.45) is 5.25. The van der Waals surface area contributed by atoms with Crippen molar-refractivity contribution in [2.24, 2.45) is 0 Å². The molecule has 2 aliphatic rings. The molecule has 0 N–H and O–H groups in total. The average molecular weight is 351 g/mol. The van der Waals surface area contributed by atoms with Crippen LogP contribution < -0.4 is 10.6 Å². The lowest BCUT2D eigenvalue weighted by Gasteiger charge is -2.16. The number of hydrogen-bond acceptors (Lipinski definition) is 5. The van der Waals surface area contributed by atoms with Crippen molar-refractivity contribution >= 4 is 33.4 Å². The second-order valence-electron chi connectivity index (χ2n) is 6.25. The van der Waals surface area contributed by atoms with Crippen LogP contribution in [0.5, 0.6) is 0 Å². The Morgan fingerprint density at radius 1 is 0.960 bits per heavy atom. The lowest BCUT2D eigenvalue weighted by atomic mass is 9.97. The number of rotatable bonds is 1. The van der Waals surface area contributed by atoms with Crippen molar-refractivity contribution < 1.29 is 9.59 Å². The first-order chi connectivity index (χ1) is 12.2. The maximum absolute atomic E-state index is 13.1. The van der Waals surface area contributed by atoms with Crippen molar-refractivity contribution in [2.45, 2.75) is 25.7 Å². The highest BCUT2D eigenvalue weighted by Crippen LogP contribution is 2.33. The Morgan fingerprint density at radius 2 is 1.64 bits per heavy atom. The molecule has 7 heteroatoms. The van der Waals surface area contributed by atoms with Crippen molar-refractivity contribution in [2.75, 3.05) is 5.01 Å². The SMILES string of the molecule is O=C1c2ccccc2C(=O)N1n1cnc2sc3c(c2c1=O)CCCC3. The number of benzene rings is 1. The molecule has 0 saturated carbocycles. The zero-order chi connectivity index (χ0) is 17.1. The van der Waals surface area contributed by atoms with Crippen LogP contribution in [0.25, 0.3) is 10.2 Å². The zero-order valence-electron chi connectivity index (χ0n) is 13.2. The number of nitrogens with zero attached hydrogens (tertiary/aromatic N) is 3. The number of amides is 2. The fourth-order valence-electron chi connectivity index (χ4n) is 3.65. The van der Waals surface area contributed by atoms with Crippen LogP contribution in [0.2, 0.25) is 0 Å². The molecule has 124 valence electrons. The molecule has 3 heterocycles. The minimum atomic E-state index is -0.493. The fourth-order valence-corrected chi connectivity index (χ4v) is 4.87. The summed E-state index contributed by atoms with van der Waals surface area (Å²) in [4.78, 5) is 44.6. The normalized spacial score (nSPS) is 16.4. The second-order valence-corrected chi connectivity index (χ2v) is 7.34. The van der Waals surface area contributed by atoms with E-state index in [0.717, 1.165) is 40.9 Å². The lowest BCUT2D eigenvalue weighted by Crippen LogP contribution is -2.46. The van der Waals surface area contributed by atoms with E-state index in [0.29, 0.717) is 21.3 Å². The molecule has 6 nitrogen and oxygen atoms in total. The summed E-state index contributed by atoms with van der Waals surface area (Å²) in [5.74, 6) is -0.985. The lowest BCUT2D eigenvalue weighted by molar-refractivity contribution is 0.0884. The fraction of sp³-hybridized carbons (Fsp3) is 0.222. The number of imide groups is 1. The van der Waals surface area contributed by atoms with Gasteiger partial charge in [-0.3, -0.25) is 14.4 Å². The Bertz CT molecular complexity index is 1090. The summed E-state index contributed by atoms with van der Waals surface area (Å²) >= 11 is 1.54. The highest BCUT2D eigenvalue weighted by atomic mass is 32.1. The van der Waals surface area contributed by atoms with Gasteiger partial charge in [-0.15, -0.1) is 11.3 Å². The minimum absolute atomic E-state index is 0.312. The molecule has 2 amide bonds. The van der Waals surface area contributed by atoms with E-state index < -0.39 is 11.8 Å². The van der Waals surface area contributed by atoms with E-state index in [4.69, 9.17) is 0 Å². The molecule has 0 spiro atoms. The van der Waals surface area contributed by atoms with Crippen LogP contribution in [-0.4, -0.2) is 21.5 Å². The van der Waals surface area contributed by atoms with Crippen molar-refractivity contribution in [1.82, 2.24) is 9.66 Å².